The smallest absolute Gasteiger partial charge is 0.329 e. The van der Waals surface area contributed by atoms with E-state index < -0.39 is 5.69 Å². The summed E-state index contributed by atoms with van der Waals surface area (Å²) in [5.74, 6) is 0.899. The number of aromatic nitrogens is 4. The van der Waals surface area contributed by atoms with Gasteiger partial charge in [0.15, 0.2) is 16.3 Å². The van der Waals surface area contributed by atoms with Gasteiger partial charge in [0.2, 0.25) is 0 Å². The van der Waals surface area contributed by atoms with E-state index in [1.807, 2.05) is 22.8 Å². The molecule has 0 bridgehead atoms. The molecule has 29 heavy (non-hydrogen) atoms. The molecule has 8 nitrogen and oxygen atoms in total. The predicted molar refractivity (Wildman–Crippen MR) is 113 cm³/mol. The first-order valence-electron chi connectivity index (χ1n) is 9.91. The standard InChI is InChI=1S/C20H25N5O3S/c1-23-17-16(18(26)22-19(23)27)25(8-7-15-5-3-2-4-6-15)20(21-17)29-14-11-24-9-12-28-13-10-24/h2-6H,7-14H2,1H3,(H,22,26,27)/p+1. The van der Waals surface area contributed by atoms with Crippen LogP contribution in [0.15, 0.2) is 45.1 Å². The second-order valence-corrected chi connectivity index (χ2v) is 8.30. The molecule has 1 fully saturated rings. The summed E-state index contributed by atoms with van der Waals surface area (Å²) >= 11 is 1.65. The van der Waals surface area contributed by atoms with Crippen LogP contribution >= 0.6 is 11.8 Å². The Balaban J connectivity index is 1.60. The molecule has 154 valence electrons. The first-order valence-corrected chi connectivity index (χ1v) is 10.9. The molecule has 0 atom stereocenters. The number of nitrogens with zero attached hydrogens (tertiary/aromatic N) is 3. The zero-order valence-electron chi connectivity index (χ0n) is 16.5. The van der Waals surface area contributed by atoms with Crippen molar-refractivity contribution in [2.24, 2.45) is 7.05 Å². The lowest BCUT2D eigenvalue weighted by Gasteiger charge is -2.23. The minimum absolute atomic E-state index is 0.380. The molecular weight excluding hydrogens is 390 g/mol. The molecule has 0 spiro atoms. The summed E-state index contributed by atoms with van der Waals surface area (Å²) in [5, 5.41) is 0.787. The van der Waals surface area contributed by atoms with E-state index in [1.54, 1.807) is 18.8 Å². The Hall–Kier alpha value is -2.36. The third-order valence-electron chi connectivity index (χ3n) is 5.33. The van der Waals surface area contributed by atoms with Crippen LogP contribution in [0.1, 0.15) is 5.56 Å². The number of hydrogen-bond acceptors (Lipinski definition) is 5. The molecule has 9 heteroatoms. The van der Waals surface area contributed by atoms with Crippen LogP contribution in [0.2, 0.25) is 0 Å². The fraction of sp³-hybridized carbons (Fsp3) is 0.450. The lowest BCUT2D eigenvalue weighted by Crippen LogP contribution is -3.14. The summed E-state index contributed by atoms with van der Waals surface area (Å²) in [7, 11) is 1.64. The van der Waals surface area contributed by atoms with Gasteiger partial charge in [-0.25, -0.2) is 9.78 Å². The third-order valence-corrected chi connectivity index (χ3v) is 6.30. The van der Waals surface area contributed by atoms with Crippen molar-refractivity contribution in [3.63, 3.8) is 0 Å². The molecule has 0 radical (unpaired) electrons. The second-order valence-electron chi connectivity index (χ2n) is 7.23. The van der Waals surface area contributed by atoms with E-state index in [0.717, 1.165) is 50.2 Å². The van der Waals surface area contributed by atoms with Gasteiger partial charge in [0.05, 0.1) is 25.5 Å². The van der Waals surface area contributed by atoms with Crippen LogP contribution in [0.5, 0.6) is 0 Å². The van der Waals surface area contributed by atoms with Gasteiger partial charge in [0.25, 0.3) is 5.56 Å². The fourth-order valence-corrected chi connectivity index (χ4v) is 4.68. The molecule has 0 saturated carbocycles. The maximum atomic E-state index is 12.6. The molecule has 1 aliphatic heterocycles. The number of morpholine rings is 1. The highest BCUT2D eigenvalue weighted by atomic mass is 32.2. The zero-order chi connectivity index (χ0) is 20.2. The van der Waals surface area contributed by atoms with Crippen molar-refractivity contribution < 1.29 is 9.64 Å². The normalized spacial score (nSPS) is 15.2. The summed E-state index contributed by atoms with van der Waals surface area (Å²) < 4.78 is 8.79. The van der Waals surface area contributed by atoms with Crippen molar-refractivity contribution >= 4 is 22.9 Å². The first-order chi connectivity index (χ1) is 14.1. The molecule has 0 unspecified atom stereocenters. The largest absolute Gasteiger partial charge is 0.370 e. The van der Waals surface area contributed by atoms with Crippen LogP contribution in [-0.4, -0.2) is 57.7 Å². The molecule has 3 heterocycles. The van der Waals surface area contributed by atoms with E-state index in [1.165, 1.54) is 15.0 Å². The number of aromatic amines is 1. The SMILES string of the molecule is Cn1c(=O)[nH]c(=O)c2c1nc(SCC[NH+]1CCOCC1)n2CCc1ccccc1. The van der Waals surface area contributed by atoms with Crippen LogP contribution < -0.4 is 16.1 Å². The highest BCUT2D eigenvalue weighted by Crippen LogP contribution is 2.21. The molecule has 4 rings (SSSR count). The van der Waals surface area contributed by atoms with E-state index in [0.29, 0.717) is 17.7 Å². The topological polar surface area (TPSA) is 86.3 Å². The number of benzene rings is 1. The molecule has 1 saturated heterocycles. The van der Waals surface area contributed by atoms with Gasteiger partial charge in [-0.05, 0) is 12.0 Å². The average molecular weight is 417 g/mol. The van der Waals surface area contributed by atoms with Crippen molar-refractivity contribution in [3.05, 3.63) is 56.7 Å². The number of fused-ring (bicyclic) bond motifs is 1. The lowest BCUT2D eigenvalue weighted by molar-refractivity contribution is -0.905. The third kappa shape index (κ3) is 4.47. The summed E-state index contributed by atoms with van der Waals surface area (Å²) in [5.41, 5.74) is 1.28. The Morgan fingerprint density at radius 1 is 1.21 bits per heavy atom. The molecule has 0 aliphatic carbocycles. The van der Waals surface area contributed by atoms with Gasteiger partial charge in [-0.15, -0.1) is 0 Å². The number of thioether (sulfide) groups is 1. The lowest BCUT2D eigenvalue weighted by atomic mass is 10.1. The predicted octanol–water partition coefficient (Wildman–Crippen LogP) is -0.327. The van der Waals surface area contributed by atoms with Crippen LogP contribution in [0.4, 0.5) is 0 Å². The van der Waals surface area contributed by atoms with Crippen LogP contribution in [-0.2, 0) is 24.8 Å². The molecule has 1 aromatic carbocycles. The Labute approximate surface area is 172 Å². The van der Waals surface area contributed by atoms with Gasteiger partial charge in [0.1, 0.15) is 13.1 Å². The minimum Gasteiger partial charge on any atom is -0.370 e. The maximum Gasteiger partial charge on any atom is 0.329 e. The van der Waals surface area contributed by atoms with Crippen molar-refractivity contribution in [2.45, 2.75) is 18.1 Å². The van der Waals surface area contributed by atoms with Crippen LogP contribution in [0.25, 0.3) is 11.2 Å². The molecule has 3 aromatic rings. The van der Waals surface area contributed by atoms with E-state index in [9.17, 15) is 9.59 Å². The van der Waals surface area contributed by atoms with E-state index in [4.69, 9.17) is 4.74 Å². The van der Waals surface area contributed by atoms with Gasteiger partial charge >= 0.3 is 5.69 Å². The van der Waals surface area contributed by atoms with Crippen molar-refractivity contribution in [2.75, 3.05) is 38.6 Å². The molecule has 2 aromatic heterocycles. The first kappa shape index (κ1) is 19.9. The highest BCUT2D eigenvalue weighted by Gasteiger charge is 2.19. The van der Waals surface area contributed by atoms with E-state index >= 15 is 0 Å². The number of rotatable bonds is 7. The van der Waals surface area contributed by atoms with Crippen molar-refractivity contribution in [3.8, 4) is 0 Å². The van der Waals surface area contributed by atoms with Crippen LogP contribution in [0.3, 0.4) is 0 Å². The monoisotopic (exact) mass is 416 g/mol. The van der Waals surface area contributed by atoms with Crippen LogP contribution in [0, 0.1) is 0 Å². The quantitative estimate of drug-likeness (QED) is 0.516. The molecular formula is C20H26N5O3S+. The number of nitrogens with one attached hydrogen (secondary N) is 2. The Bertz CT molecular complexity index is 1080. The van der Waals surface area contributed by atoms with Gasteiger partial charge in [-0.2, -0.15) is 0 Å². The van der Waals surface area contributed by atoms with Crippen molar-refractivity contribution in [1.82, 2.24) is 19.1 Å². The number of H-pyrrole nitrogens is 1. The Kier molecular flexibility index (Phi) is 6.17. The molecule has 1 aliphatic rings. The summed E-state index contributed by atoms with van der Waals surface area (Å²) in [6, 6.07) is 10.2. The van der Waals surface area contributed by atoms with Gasteiger partial charge < -0.3 is 14.2 Å². The summed E-state index contributed by atoms with van der Waals surface area (Å²) in [6.45, 7) is 5.33. The summed E-state index contributed by atoms with van der Waals surface area (Å²) in [4.78, 5) is 33.2. The van der Waals surface area contributed by atoms with Gasteiger partial charge in [-0.1, -0.05) is 42.1 Å². The van der Waals surface area contributed by atoms with E-state index in [2.05, 4.69) is 22.1 Å². The van der Waals surface area contributed by atoms with Gasteiger partial charge in [-0.3, -0.25) is 14.3 Å². The highest BCUT2D eigenvalue weighted by molar-refractivity contribution is 7.99. The number of imidazole rings is 1. The average Bonchev–Trinajstić information content (AvgIpc) is 3.11. The number of aryl methyl sites for hydroxylation is 3. The summed E-state index contributed by atoms with van der Waals surface area (Å²) in [6.07, 6.45) is 0.789. The number of hydrogen-bond donors (Lipinski definition) is 2. The zero-order valence-corrected chi connectivity index (χ0v) is 17.3. The fourth-order valence-electron chi connectivity index (χ4n) is 3.61. The second kappa shape index (κ2) is 8.98. The Morgan fingerprint density at radius 3 is 2.72 bits per heavy atom. The molecule has 0 amide bonds. The molecule has 2 N–H and O–H groups in total. The number of ether oxygens (including phenoxy) is 1. The van der Waals surface area contributed by atoms with Gasteiger partial charge in [0, 0.05) is 13.6 Å². The number of quaternary nitrogens is 1. The Morgan fingerprint density at radius 2 is 1.97 bits per heavy atom. The maximum absolute atomic E-state index is 12.6. The minimum atomic E-state index is -0.440. The van der Waals surface area contributed by atoms with E-state index in [-0.39, 0.29) is 5.56 Å². The van der Waals surface area contributed by atoms with Crippen molar-refractivity contribution in [1.29, 1.82) is 0 Å².